The van der Waals surface area contributed by atoms with E-state index in [2.05, 4.69) is 23.7 Å². The number of hydrogen-bond donors (Lipinski definition) is 0. The van der Waals surface area contributed by atoms with Gasteiger partial charge in [0.25, 0.3) is 0 Å². The third-order valence-corrected chi connectivity index (χ3v) is 6.52. The molecule has 0 spiro atoms. The highest BCUT2D eigenvalue weighted by molar-refractivity contribution is 5.33. The maximum atomic E-state index is 13.6. The monoisotopic (exact) mass is 359 g/mol. The Morgan fingerprint density at radius 3 is 2.23 bits per heavy atom. The van der Waals surface area contributed by atoms with Crippen molar-refractivity contribution in [1.29, 1.82) is 0 Å². The van der Waals surface area contributed by atoms with E-state index in [-0.39, 0.29) is 5.56 Å². The molecule has 2 saturated carbocycles. The summed E-state index contributed by atoms with van der Waals surface area (Å²) < 4.78 is 26.4. The zero-order chi connectivity index (χ0) is 18.4. The molecule has 2 fully saturated rings. The number of nitrogens with zero attached hydrogens (tertiary/aromatic N) is 1. The summed E-state index contributed by atoms with van der Waals surface area (Å²) >= 11 is 0. The summed E-state index contributed by atoms with van der Waals surface area (Å²) in [4.78, 5) is 3.20. The van der Waals surface area contributed by atoms with Gasteiger partial charge in [0.1, 0.15) is 0 Å². The summed E-state index contributed by atoms with van der Waals surface area (Å²) in [5, 5.41) is 0. The molecule has 3 rings (SSSR count). The van der Waals surface area contributed by atoms with Gasteiger partial charge in [-0.25, -0.2) is 0 Å². The summed E-state index contributed by atoms with van der Waals surface area (Å²) in [5.41, 5.74) is 0.207. The average Bonchev–Trinajstić information content (AvgIpc) is 2.66. The smallest absolute Gasteiger partial charge is 0.189 e. The third-order valence-electron chi connectivity index (χ3n) is 6.52. The Balaban J connectivity index is 1.44. The van der Waals surface area contributed by atoms with E-state index in [9.17, 15) is 8.78 Å². The minimum Gasteiger partial charge on any atom is -0.189 e. The highest BCUT2D eigenvalue weighted by Gasteiger charge is 2.30. The van der Waals surface area contributed by atoms with Crippen LogP contribution >= 0.6 is 0 Å². The lowest BCUT2D eigenvalue weighted by atomic mass is 9.69. The average molecular weight is 360 g/mol. The summed E-state index contributed by atoms with van der Waals surface area (Å²) in [6, 6.07) is 2.55. The van der Waals surface area contributed by atoms with E-state index in [4.69, 9.17) is 0 Å². The van der Waals surface area contributed by atoms with Crippen molar-refractivity contribution < 1.29 is 8.78 Å². The van der Waals surface area contributed by atoms with Crippen LogP contribution in [0, 0.1) is 47.4 Å². The van der Waals surface area contributed by atoms with E-state index in [1.807, 2.05) is 0 Å². The van der Waals surface area contributed by atoms with Gasteiger partial charge in [0.05, 0.1) is 5.56 Å². The molecule has 0 aliphatic heterocycles. The van der Waals surface area contributed by atoms with Crippen LogP contribution in [0.15, 0.2) is 12.1 Å². The van der Waals surface area contributed by atoms with Crippen LogP contribution in [0.1, 0.15) is 83.1 Å². The van der Waals surface area contributed by atoms with Gasteiger partial charge in [-0.15, -0.1) is 0 Å². The van der Waals surface area contributed by atoms with Crippen molar-refractivity contribution in [3.63, 3.8) is 0 Å². The molecule has 1 aromatic rings. The number of rotatable bonds is 4. The Kier molecular flexibility index (Phi) is 7.06. The van der Waals surface area contributed by atoms with Crippen LogP contribution < -0.4 is 0 Å². The number of hydrogen-bond acceptors (Lipinski definition) is 1. The molecule has 142 valence electrons. The predicted molar refractivity (Wildman–Crippen MR) is 101 cm³/mol. The fourth-order valence-corrected chi connectivity index (χ4v) is 4.86. The molecule has 2 aliphatic carbocycles. The zero-order valence-electron chi connectivity index (χ0n) is 15.9. The molecule has 3 heteroatoms. The fraction of sp³-hybridized carbons (Fsp3) is 0.696. The number of halogens is 2. The van der Waals surface area contributed by atoms with Crippen LogP contribution in [0.4, 0.5) is 8.78 Å². The molecule has 0 saturated heterocycles. The van der Waals surface area contributed by atoms with Crippen molar-refractivity contribution in [1.82, 2.24) is 4.98 Å². The van der Waals surface area contributed by atoms with Crippen molar-refractivity contribution in [3.05, 3.63) is 29.6 Å². The van der Waals surface area contributed by atoms with Crippen LogP contribution in [0.2, 0.25) is 0 Å². The number of unbranched alkanes of at least 4 members (excludes halogenated alkanes) is 1. The van der Waals surface area contributed by atoms with Gasteiger partial charge in [-0.05, 0) is 68.4 Å². The molecule has 1 nitrogen and oxygen atoms in total. The Labute approximate surface area is 157 Å². The molecule has 1 heterocycles. The van der Waals surface area contributed by atoms with Gasteiger partial charge >= 0.3 is 0 Å². The Morgan fingerprint density at radius 2 is 1.62 bits per heavy atom. The molecule has 0 aromatic carbocycles. The number of aromatic nitrogens is 1. The van der Waals surface area contributed by atoms with E-state index in [0.717, 1.165) is 30.6 Å². The standard InChI is InChI=1S/C23H31F2N/c1-2-3-4-17-5-10-19(11-6-17)20-12-7-18(8-13-20)9-14-21-15-16-22(24)26-23(21)25/h15-20H,2-8,10-13H2,1H3. The van der Waals surface area contributed by atoms with Crippen molar-refractivity contribution in [2.75, 3.05) is 0 Å². The van der Waals surface area contributed by atoms with Crippen molar-refractivity contribution in [2.24, 2.45) is 23.7 Å². The second kappa shape index (κ2) is 9.49. The topological polar surface area (TPSA) is 12.9 Å². The maximum Gasteiger partial charge on any atom is 0.231 e. The predicted octanol–water partition coefficient (Wildman–Crippen LogP) is 6.51. The first-order chi connectivity index (χ1) is 12.7. The van der Waals surface area contributed by atoms with E-state index >= 15 is 0 Å². The van der Waals surface area contributed by atoms with Crippen LogP contribution in [-0.4, -0.2) is 4.98 Å². The molecule has 0 amide bonds. The fourth-order valence-electron chi connectivity index (χ4n) is 4.86. The van der Waals surface area contributed by atoms with Crippen molar-refractivity contribution >= 4 is 0 Å². The van der Waals surface area contributed by atoms with Gasteiger partial charge in [0.15, 0.2) is 0 Å². The first-order valence-corrected chi connectivity index (χ1v) is 10.5. The first-order valence-electron chi connectivity index (χ1n) is 10.5. The van der Waals surface area contributed by atoms with Gasteiger partial charge in [-0.1, -0.05) is 50.9 Å². The molecule has 0 radical (unpaired) electrons. The van der Waals surface area contributed by atoms with Gasteiger partial charge in [0, 0.05) is 5.92 Å². The minimum absolute atomic E-state index is 0.207. The van der Waals surface area contributed by atoms with Crippen molar-refractivity contribution in [3.8, 4) is 11.8 Å². The van der Waals surface area contributed by atoms with Gasteiger partial charge in [0.2, 0.25) is 11.9 Å². The molecule has 1 aromatic heterocycles. The highest BCUT2D eigenvalue weighted by Crippen LogP contribution is 2.42. The van der Waals surface area contributed by atoms with Crippen molar-refractivity contribution in [2.45, 2.75) is 77.6 Å². The molecule has 0 N–H and O–H groups in total. The van der Waals surface area contributed by atoms with Crippen LogP contribution in [0.5, 0.6) is 0 Å². The maximum absolute atomic E-state index is 13.6. The van der Waals surface area contributed by atoms with Gasteiger partial charge < -0.3 is 0 Å². The summed E-state index contributed by atoms with van der Waals surface area (Å²) in [5.74, 6) is 7.59. The zero-order valence-corrected chi connectivity index (χ0v) is 15.9. The Bertz CT molecular complexity index is 629. The largest absolute Gasteiger partial charge is 0.231 e. The second-order valence-corrected chi connectivity index (χ2v) is 8.28. The normalized spacial score (nSPS) is 29.0. The minimum atomic E-state index is -0.800. The van der Waals surface area contributed by atoms with Crippen LogP contribution in [0.3, 0.4) is 0 Å². The second-order valence-electron chi connectivity index (χ2n) is 8.28. The summed E-state index contributed by atoms with van der Waals surface area (Å²) in [6.45, 7) is 2.29. The van der Waals surface area contributed by atoms with Crippen LogP contribution in [0.25, 0.3) is 0 Å². The van der Waals surface area contributed by atoms with E-state index in [1.54, 1.807) is 0 Å². The molecular formula is C23H31F2N. The summed E-state index contributed by atoms with van der Waals surface area (Å²) in [6.07, 6.45) is 14.6. The molecule has 26 heavy (non-hydrogen) atoms. The Morgan fingerprint density at radius 1 is 0.962 bits per heavy atom. The van der Waals surface area contributed by atoms with Gasteiger partial charge in [-0.3, -0.25) is 0 Å². The first kappa shape index (κ1) is 19.3. The third kappa shape index (κ3) is 5.29. The van der Waals surface area contributed by atoms with E-state index in [0.29, 0.717) is 5.92 Å². The molecule has 0 bridgehead atoms. The quantitative estimate of drug-likeness (QED) is 0.441. The lowest BCUT2D eigenvalue weighted by Crippen LogP contribution is -2.25. The summed E-state index contributed by atoms with van der Waals surface area (Å²) in [7, 11) is 0. The van der Waals surface area contributed by atoms with E-state index < -0.39 is 11.9 Å². The van der Waals surface area contributed by atoms with Gasteiger partial charge in [-0.2, -0.15) is 13.8 Å². The lowest BCUT2D eigenvalue weighted by molar-refractivity contribution is 0.153. The van der Waals surface area contributed by atoms with Crippen LogP contribution in [-0.2, 0) is 0 Å². The number of pyridine rings is 1. The SMILES string of the molecule is CCCCC1CCC(C2CCC(C#Cc3ccc(F)nc3F)CC2)CC1. The molecular weight excluding hydrogens is 328 g/mol. The molecule has 0 unspecified atom stereocenters. The highest BCUT2D eigenvalue weighted by atomic mass is 19.1. The molecule has 2 aliphatic rings. The Hall–Kier alpha value is -1.43. The molecule has 0 atom stereocenters. The lowest BCUT2D eigenvalue weighted by Gasteiger charge is -2.37. The van der Waals surface area contributed by atoms with E-state index in [1.165, 1.54) is 69.9 Å².